The zero-order valence-electron chi connectivity index (χ0n) is 18.7. The van der Waals surface area contributed by atoms with Crippen molar-refractivity contribution in [2.75, 3.05) is 5.32 Å². The maximum Gasteiger partial charge on any atom is 0.275 e. The fraction of sp³-hybridized carbons (Fsp3) is 0.280. The van der Waals surface area contributed by atoms with Gasteiger partial charge in [0, 0.05) is 35.1 Å². The van der Waals surface area contributed by atoms with Crippen molar-refractivity contribution in [2.45, 2.75) is 45.2 Å². The number of aromatic amines is 1. The molecule has 9 heteroatoms. The summed E-state index contributed by atoms with van der Waals surface area (Å²) in [4.78, 5) is 53.5. The minimum Gasteiger partial charge on any atom is -0.348 e. The van der Waals surface area contributed by atoms with Crippen LogP contribution >= 0.6 is 0 Å². The normalized spacial score (nSPS) is 17.9. The average Bonchev–Trinajstić information content (AvgIpc) is 3.30. The highest BCUT2D eigenvalue weighted by molar-refractivity contribution is 6.08. The summed E-state index contributed by atoms with van der Waals surface area (Å²) >= 11 is 0. The molecule has 1 saturated heterocycles. The lowest BCUT2D eigenvalue weighted by atomic mass is 10.0. The molecule has 5 rings (SSSR count). The van der Waals surface area contributed by atoms with Gasteiger partial charge in [-0.15, -0.1) is 0 Å². The Labute approximate surface area is 194 Å². The van der Waals surface area contributed by atoms with Crippen LogP contribution in [0.15, 0.2) is 36.4 Å². The molecule has 1 fully saturated rings. The van der Waals surface area contributed by atoms with Gasteiger partial charge in [0.2, 0.25) is 11.8 Å². The third-order valence-corrected chi connectivity index (χ3v) is 6.43. The molecular formula is C25H23FN4O4. The molecule has 0 bridgehead atoms. The first kappa shape index (κ1) is 21.8. The van der Waals surface area contributed by atoms with Gasteiger partial charge in [-0.25, -0.2) is 4.39 Å². The second-order valence-electron chi connectivity index (χ2n) is 9.00. The summed E-state index contributed by atoms with van der Waals surface area (Å²) < 4.78 is 15.0. The van der Waals surface area contributed by atoms with Crippen LogP contribution in [0.3, 0.4) is 0 Å². The predicted octanol–water partition coefficient (Wildman–Crippen LogP) is 3.44. The average molecular weight is 462 g/mol. The number of carbonyl (C=O) groups is 4. The number of halogens is 1. The van der Waals surface area contributed by atoms with Crippen molar-refractivity contribution in [3.05, 3.63) is 64.6 Å². The summed E-state index contributed by atoms with van der Waals surface area (Å²) in [5.41, 5.74) is 2.82. The number of fused-ring (bicyclic) bond motifs is 2. The van der Waals surface area contributed by atoms with E-state index in [0.29, 0.717) is 27.7 Å². The molecule has 34 heavy (non-hydrogen) atoms. The van der Waals surface area contributed by atoms with Crippen LogP contribution in [-0.4, -0.2) is 39.6 Å². The largest absolute Gasteiger partial charge is 0.348 e. The molecule has 3 N–H and O–H groups in total. The Morgan fingerprint density at radius 2 is 1.94 bits per heavy atom. The highest BCUT2D eigenvalue weighted by Crippen LogP contribution is 2.30. The first-order valence-corrected chi connectivity index (χ1v) is 11.1. The summed E-state index contributed by atoms with van der Waals surface area (Å²) in [6, 6.07) is 9.48. The second kappa shape index (κ2) is 8.09. The molecule has 2 aliphatic rings. The van der Waals surface area contributed by atoms with Crippen molar-refractivity contribution in [1.82, 2.24) is 15.2 Å². The van der Waals surface area contributed by atoms with Gasteiger partial charge in [0.15, 0.2) is 5.82 Å². The van der Waals surface area contributed by atoms with Gasteiger partial charge in [0.05, 0.1) is 0 Å². The van der Waals surface area contributed by atoms with Gasteiger partial charge in [-0.3, -0.25) is 24.5 Å². The van der Waals surface area contributed by atoms with Crippen LogP contribution in [0.1, 0.15) is 64.6 Å². The summed E-state index contributed by atoms with van der Waals surface area (Å²) in [5.74, 6) is -2.16. The maximum atomic E-state index is 15.0. The van der Waals surface area contributed by atoms with Gasteiger partial charge in [-0.1, -0.05) is 19.9 Å². The standard InChI is InChI=1S/C25H23FN4O4/c1-12(2)13-3-6-18-17(10-13)21(26)22(28-18)24(33)27-15-4-5-16-14(9-15)11-30(25(16)34)19-7-8-20(31)29-23(19)32/h3-6,9-10,12,19,28H,7-8,11H2,1-2H3,(H,27,33)(H,29,31,32). The van der Waals surface area contributed by atoms with Crippen LogP contribution in [0.4, 0.5) is 10.1 Å². The highest BCUT2D eigenvalue weighted by atomic mass is 19.1. The summed E-state index contributed by atoms with van der Waals surface area (Å²) in [5, 5.41) is 5.31. The van der Waals surface area contributed by atoms with Crippen molar-refractivity contribution >= 4 is 40.2 Å². The number of hydrogen-bond donors (Lipinski definition) is 3. The van der Waals surface area contributed by atoms with E-state index in [1.165, 1.54) is 4.90 Å². The van der Waals surface area contributed by atoms with E-state index in [0.717, 1.165) is 5.56 Å². The lowest BCUT2D eigenvalue weighted by Crippen LogP contribution is -2.52. The number of piperidine rings is 1. The number of H-pyrrole nitrogens is 1. The first-order chi connectivity index (χ1) is 16.2. The Morgan fingerprint density at radius 1 is 1.15 bits per heavy atom. The molecule has 1 atom stereocenters. The van der Waals surface area contributed by atoms with E-state index < -0.39 is 23.7 Å². The van der Waals surface area contributed by atoms with Crippen molar-refractivity contribution in [3.63, 3.8) is 0 Å². The lowest BCUT2D eigenvalue weighted by molar-refractivity contribution is -0.136. The molecule has 8 nitrogen and oxygen atoms in total. The Bertz CT molecular complexity index is 1380. The van der Waals surface area contributed by atoms with E-state index in [-0.39, 0.29) is 42.8 Å². The number of aromatic nitrogens is 1. The third kappa shape index (κ3) is 3.63. The molecular weight excluding hydrogens is 439 g/mol. The Hall–Kier alpha value is -4.01. The Morgan fingerprint density at radius 3 is 2.68 bits per heavy atom. The third-order valence-electron chi connectivity index (χ3n) is 6.43. The van der Waals surface area contributed by atoms with E-state index >= 15 is 4.39 Å². The smallest absolute Gasteiger partial charge is 0.275 e. The molecule has 0 aliphatic carbocycles. The number of nitrogens with zero attached hydrogens (tertiary/aromatic N) is 1. The number of nitrogens with one attached hydrogen (secondary N) is 3. The quantitative estimate of drug-likeness (QED) is 0.516. The van der Waals surface area contributed by atoms with Crippen LogP contribution < -0.4 is 10.6 Å². The molecule has 1 aromatic heterocycles. The van der Waals surface area contributed by atoms with E-state index in [4.69, 9.17) is 0 Å². The monoisotopic (exact) mass is 462 g/mol. The fourth-order valence-electron chi connectivity index (χ4n) is 4.54. The molecule has 0 saturated carbocycles. The number of carbonyl (C=O) groups excluding carboxylic acids is 4. The highest BCUT2D eigenvalue weighted by Gasteiger charge is 2.39. The zero-order chi connectivity index (χ0) is 24.1. The minimum absolute atomic E-state index is 0.169. The summed E-state index contributed by atoms with van der Waals surface area (Å²) in [6.07, 6.45) is 0.443. The molecule has 3 heterocycles. The lowest BCUT2D eigenvalue weighted by Gasteiger charge is -2.29. The second-order valence-corrected chi connectivity index (χ2v) is 9.00. The molecule has 1 unspecified atom stereocenters. The fourth-order valence-corrected chi connectivity index (χ4v) is 4.54. The molecule has 4 amide bonds. The van der Waals surface area contributed by atoms with E-state index in [2.05, 4.69) is 15.6 Å². The van der Waals surface area contributed by atoms with E-state index in [1.54, 1.807) is 30.3 Å². The topological polar surface area (TPSA) is 111 Å². The van der Waals surface area contributed by atoms with Crippen LogP contribution in [0.2, 0.25) is 0 Å². The molecule has 0 spiro atoms. The van der Waals surface area contributed by atoms with E-state index in [9.17, 15) is 19.2 Å². The number of hydrogen-bond acceptors (Lipinski definition) is 4. The number of anilines is 1. The van der Waals surface area contributed by atoms with Crippen molar-refractivity contribution in [1.29, 1.82) is 0 Å². The molecule has 0 radical (unpaired) electrons. The molecule has 2 aliphatic heterocycles. The van der Waals surface area contributed by atoms with Crippen LogP contribution in [0.5, 0.6) is 0 Å². The van der Waals surface area contributed by atoms with Crippen LogP contribution in [-0.2, 0) is 16.1 Å². The number of amides is 4. The van der Waals surface area contributed by atoms with E-state index in [1.807, 2.05) is 19.9 Å². The minimum atomic E-state index is -0.716. The SMILES string of the molecule is CC(C)c1ccc2[nH]c(C(=O)Nc3ccc4c(c3)CN(C3CCC(=O)NC3=O)C4=O)c(F)c2c1. The zero-order valence-corrected chi connectivity index (χ0v) is 18.7. The molecule has 3 aromatic rings. The van der Waals surface area contributed by atoms with Gasteiger partial charge in [-0.05, 0) is 53.8 Å². The van der Waals surface area contributed by atoms with Gasteiger partial charge in [-0.2, -0.15) is 0 Å². The maximum absolute atomic E-state index is 15.0. The van der Waals surface area contributed by atoms with Gasteiger partial charge >= 0.3 is 0 Å². The van der Waals surface area contributed by atoms with Crippen LogP contribution in [0.25, 0.3) is 10.9 Å². The van der Waals surface area contributed by atoms with Crippen molar-refractivity contribution in [2.24, 2.45) is 0 Å². The van der Waals surface area contributed by atoms with Crippen molar-refractivity contribution in [3.8, 4) is 0 Å². The van der Waals surface area contributed by atoms with Gasteiger partial charge in [0.1, 0.15) is 11.7 Å². The van der Waals surface area contributed by atoms with Crippen LogP contribution in [0, 0.1) is 5.82 Å². The van der Waals surface area contributed by atoms with Gasteiger partial charge in [0.25, 0.3) is 11.8 Å². The van der Waals surface area contributed by atoms with Gasteiger partial charge < -0.3 is 15.2 Å². The Balaban J connectivity index is 1.36. The molecule has 174 valence electrons. The Kier molecular flexibility index (Phi) is 5.19. The summed E-state index contributed by atoms with van der Waals surface area (Å²) in [6.45, 7) is 4.21. The predicted molar refractivity (Wildman–Crippen MR) is 123 cm³/mol. The first-order valence-electron chi connectivity index (χ1n) is 11.1. The number of rotatable bonds is 4. The molecule has 2 aromatic carbocycles. The number of benzene rings is 2. The number of imide groups is 1. The van der Waals surface area contributed by atoms with Crippen molar-refractivity contribution < 1.29 is 23.6 Å². The summed E-state index contributed by atoms with van der Waals surface area (Å²) in [7, 11) is 0.